The Labute approximate surface area is 128 Å². The Hall–Kier alpha value is -1.95. The van der Waals surface area contributed by atoms with E-state index in [1.54, 1.807) is 0 Å². The second-order valence-corrected chi connectivity index (χ2v) is 5.89. The van der Waals surface area contributed by atoms with Crippen molar-refractivity contribution in [2.24, 2.45) is 16.1 Å². The van der Waals surface area contributed by atoms with Crippen molar-refractivity contribution in [3.05, 3.63) is 24.3 Å². The third-order valence-corrected chi connectivity index (χ3v) is 4.29. The van der Waals surface area contributed by atoms with Crippen molar-refractivity contribution in [3.8, 4) is 5.88 Å². The highest BCUT2D eigenvalue weighted by molar-refractivity contribution is 7.80. The summed E-state index contributed by atoms with van der Waals surface area (Å²) in [7, 11) is 0. The second-order valence-electron chi connectivity index (χ2n) is 5.52. The SMILES string of the molecule is CC1CCN(C(=S)N=Nc2c(O)[nH]c3ccccc23)CC1. The zero-order chi connectivity index (χ0) is 14.8. The number of fused-ring (bicyclic) bond motifs is 1. The van der Waals surface area contributed by atoms with Crippen LogP contribution in [0, 0.1) is 5.92 Å². The Balaban J connectivity index is 1.78. The van der Waals surface area contributed by atoms with E-state index in [9.17, 15) is 5.11 Å². The van der Waals surface area contributed by atoms with Crippen molar-refractivity contribution in [1.82, 2.24) is 9.88 Å². The van der Waals surface area contributed by atoms with Crippen LogP contribution in [-0.2, 0) is 0 Å². The van der Waals surface area contributed by atoms with Gasteiger partial charge in [0.05, 0.1) is 5.52 Å². The fraction of sp³-hybridized carbons (Fsp3) is 0.400. The summed E-state index contributed by atoms with van der Waals surface area (Å²) in [6.45, 7) is 4.11. The van der Waals surface area contributed by atoms with Crippen LogP contribution in [0.2, 0.25) is 0 Å². The number of aromatic nitrogens is 1. The molecule has 1 aromatic heterocycles. The first-order valence-electron chi connectivity index (χ1n) is 7.15. The van der Waals surface area contributed by atoms with Gasteiger partial charge in [0, 0.05) is 18.5 Å². The van der Waals surface area contributed by atoms with Gasteiger partial charge >= 0.3 is 0 Å². The zero-order valence-corrected chi connectivity index (χ0v) is 12.7. The van der Waals surface area contributed by atoms with Gasteiger partial charge in [0.2, 0.25) is 11.0 Å². The summed E-state index contributed by atoms with van der Waals surface area (Å²) >= 11 is 5.33. The summed E-state index contributed by atoms with van der Waals surface area (Å²) < 4.78 is 0. The summed E-state index contributed by atoms with van der Waals surface area (Å²) in [6.07, 6.45) is 2.27. The largest absolute Gasteiger partial charge is 0.493 e. The molecule has 0 aliphatic carbocycles. The smallest absolute Gasteiger partial charge is 0.218 e. The summed E-state index contributed by atoms with van der Waals surface area (Å²) in [5, 5.41) is 19.5. The van der Waals surface area contributed by atoms with Crippen LogP contribution < -0.4 is 0 Å². The number of thiocarbonyl (C=S) groups is 1. The Morgan fingerprint density at radius 3 is 2.81 bits per heavy atom. The van der Waals surface area contributed by atoms with Crippen molar-refractivity contribution in [2.45, 2.75) is 19.8 Å². The number of hydrogen-bond acceptors (Lipinski definition) is 3. The average Bonchev–Trinajstić information content (AvgIpc) is 2.81. The van der Waals surface area contributed by atoms with Crippen LogP contribution in [0.1, 0.15) is 19.8 Å². The normalized spacial score (nSPS) is 16.9. The topological polar surface area (TPSA) is 64.0 Å². The lowest BCUT2D eigenvalue weighted by Gasteiger charge is -2.29. The van der Waals surface area contributed by atoms with E-state index in [0.717, 1.165) is 42.8 Å². The van der Waals surface area contributed by atoms with E-state index in [2.05, 4.69) is 27.0 Å². The molecule has 0 saturated carbocycles. The first-order chi connectivity index (χ1) is 10.1. The molecule has 0 atom stereocenters. The summed E-state index contributed by atoms with van der Waals surface area (Å²) in [5.41, 5.74) is 1.28. The number of nitrogens with zero attached hydrogens (tertiary/aromatic N) is 3. The van der Waals surface area contributed by atoms with E-state index in [0.29, 0.717) is 10.8 Å². The van der Waals surface area contributed by atoms with Gasteiger partial charge in [-0.3, -0.25) is 0 Å². The number of aromatic hydroxyl groups is 1. The maximum absolute atomic E-state index is 9.93. The lowest BCUT2D eigenvalue weighted by molar-refractivity contribution is 0.281. The number of H-pyrrole nitrogens is 1. The van der Waals surface area contributed by atoms with Crippen LogP contribution >= 0.6 is 12.2 Å². The fourth-order valence-corrected chi connectivity index (χ4v) is 2.79. The molecule has 6 heteroatoms. The van der Waals surface area contributed by atoms with Gasteiger partial charge in [-0.25, -0.2) is 0 Å². The number of para-hydroxylation sites is 1. The van der Waals surface area contributed by atoms with Crippen LogP contribution in [0.25, 0.3) is 10.9 Å². The standard InChI is InChI=1S/C15H18N4OS/c1-10-6-8-19(9-7-10)15(21)18-17-13-11-4-2-3-5-12(11)16-14(13)20/h2-5,10,16,20H,6-9H2,1H3. The fourth-order valence-electron chi connectivity index (χ4n) is 2.57. The summed E-state index contributed by atoms with van der Waals surface area (Å²) in [5.74, 6) is 0.772. The van der Waals surface area contributed by atoms with E-state index in [1.165, 1.54) is 0 Å². The van der Waals surface area contributed by atoms with E-state index < -0.39 is 0 Å². The highest BCUT2D eigenvalue weighted by Crippen LogP contribution is 2.35. The van der Waals surface area contributed by atoms with E-state index >= 15 is 0 Å². The van der Waals surface area contributed by atoms with Gasteiger partial charge in [-0.05, 0) is 37.0 Å². The van der Waals surface area contributed by atoms with Crippen LogP contribution in [0.15, 0.2) is 34.5 Å². The lowest BCUT2D eigenvalue weighted by Crippen LogP contribution is -2.35. The van der Waals surface area contributed by atoms with Gasteiger partial charge < -0.3 is 15.0 Å². The molecular weight excluding hydrogens is 284 g/mol. The van der Waals surface area contributed by atoms with Gasteiger partial charge in [-0.2, -0.15) is 0 Å². The average molecular weight is 302 g/mol. The third kappa shape index (κ3) is 2.90. The first-order valence-corrected chi connectivity index (χ1v) is 7.56. The molecule has 2 heterocycles. The number of aromatic amines is 1. The molecular formula is C15H18N4OS. The molecule has 0 unspecified atom stereocenters. The molecule has 1 saturated heterocycles. The zero-order valence-electron chi connectivity index (χ0n) is 11.9. The van der Waals surface area contributed by atoms with Gasteiger partial charge in [0.15, 0.2) is 5.69 Å². The lowest BCUT2D eigenvalue weighted by atomic mass is 10.00. The minimum Gasteiger partial charge on any atom is -0.493 e. The number of azo groups is 1. The molecule has 21 heavy (non-hydrogen) atoms. The van der Waals surface area contributed by atoms with Gasteiger partial charge in [0.25, 0.3) is 0 Å². The van der Waals surface area contributed by atoms with Crippen molar-refractivity contribution < 1.29 is 5.11 Å². The molecule has 0 spiro atoms. The van der Waals surface area contributed by atoms with Crippen molar-refractivity contribution in [3.63, 3.8) is 0 Å². The third-order valence-electron chi connectivity index (χ3n) is 3.95. The maximum atomic E-state index is 9.93. The quantitative estimate of drug-likeness (QED) is 0.619. The van der Waals surface area contributed by atoms with Gasteiger partial charge in [-0.15, -0.1) is 10.2 Å². The summed E-state index contributed by atoms with van der Waals surface area (Å²) in [6, 6.07) is 7.58. The molecule has 0 radical (unpaired) electrons. The Morgan fingerprint density at radius 2 is 2.05 bits per heavy atom. The molecule has 0 amide bonds. The number of rotatable bonds is 1. The van der Waals surface area contributed by atoms with Crippen LogP contribution in [-0.4, -0.2) is 33.2 Å². The van der Waals surface area contributed by atoms with Gasteiger partial charge in [0.1, 0.15) is 0 Å². The van der Waals surface area contributed by atoms with E-state index in [-0.39, 0.29) is 5.88 Å². The summed E-state index contributed by atoms with van der Waals surface area (Å²) in [4.78, 5) is 4.96. The highest BCUT2D eigenvalue weighted by Gasteiger charge is 2.18. The molecule has 2 N–H and O–H groups in total. The number of hydrogen-bond donors (Lipinski definition) is 2. The van der Waals surface area contributed by atoms with Crippen molar-refractivity contribution in [2.75, 3.05) is 13.1 Å². The maximum Gasteiger partial charge on any atom is 0.218 e. The predicted molar refractivity (Wildman–Crippen MR) is 87.0 cm³/mol. The van der Waals surface area contributed by atoms with E-state index in [4.69, 9.17) is 12.2 Å². The number of benzene rings is 1. The molecule has 2 aromatic rings. The van der Waals surface area contributed by atoms with E-state index in [1.807, 2.05) is 24.3 Å². The van der Waals surface area contributed by atoms with Crippen LogP contribution in [0.3, 0.4) is 0 Å². The van der Waals surface area contributed by atoms with Crippen molar-refractivity contribution >= 4 is 33.9 Å². The minimum absolute atomic E-state index is 0.0232. The Kier molecular flexibility index (Phi) is 3.88. The molecule has 1 aliphatic heterocycles. The first kappa shape index (κ1) is 14.0. The molecule has 1 aromatic carbocycles. The highest BCUT2D eigenvalue weighted by atomic mass is 32.1. The Morgan fingerprint density at radius 1 is 1.33 bits per heavy atom. The van der Waals surface area contributed by atoms with Crippen LogP contribution in [0.4, 0.5) is 5.69 Å². The number of likely N-dealkylation sites (tertiary alicyclic amines) is 1. The molecule has 110 valence electrons. The molecule has 1 aliphatic rings. The number of piperidine rings is 1. The molecule has 5 nitrogen and oxygen atoms in total. The Bertz CT molecular complexity index is 686. The van der Waals surface area contributed by atoms with Gasteiger partial charge in [-0.1, -0.05) is 25.1 Å². The molecule has 0 bridgehead atoms. The number of nitrogens with one attached hydrogen (secondary N) is 1. The molecule has 3 rings (SSSR count). The molecule has 1 fully saturated rings. The minimum atomic E-state index is 0.0232. The van der Waals surface area contributed by atoms with Crippen molar-refractivity contribution in [1.29, 1.82) is 0 Å². The van der Waals surface area contributed by atoms with Crippen LogP contribution in [0.5, 0.6) is 5.88 Å². The second kappa shape index (κ2) is 5.81. The monoisotopic (exact) mass is 302 g/mol. The predicted octanol–water partition coefficient (Wildman–Crippen LogP) is 3.97.